The second-order valence-corrected chi connectivity index (χ2v) is 6.01. The Hall–Kier alpha value is -1.10. The molecule has 1 fully saturated rings. The van der Waals surface area contributed by atoms with E-state index in [-0.39, 0.29) is 11.8 Å². The molecule has 0 bridgehead atoms. The summed E-state index contributed by atoms with van der Waals surface area (Å²) >= 11 is 3.13. The molecule has 1 heterocycles. The number of hydrogen-bond donors (Lipinski definition) is 1. The van der Waals surface area contributed by atoms with Crippen molar-refractivity contribution in [2.45, 2.75) is 26.7 Å². The van der Waals surface area contributed by atoms with Crippen LogP contribution in [0, 0.1) is 18.7 Å². The number of rotatable bonds is 1. The second-order valence-electron chi connectivity index (χ2n) is 5.16. The van der Waals surface area contributed by atoms with E-state index in [1.807, 2.05) is 0 Å². The summed E-state index contributed by atoms with van der Waals surface area (Å²) in [6, 6.07) is 3.18. The van der Waals surface area contributed by atoms with E-state index in [0.717, 1.165) is 25.9 Å². The Labute approximate surface area is 121 Å². The summed E-state index contributed by atoms with van der Waals surface area (Å²) in [5.74, 6) is 0.201. The molecule has 19 heavy (non-hydrogen) atoms. The predicted octanol–water partition coefficient (Wildman–Crippen LogP) is 4.16. The quantitative estimate of drug-likeness (QED) is 0.824. The van der Waals surface area contributed by atoms with Crippen molar-refractivity contribution >= 4 is 27.6 Å². The summed E-state index contributed by atoms with van der Waals surface area (Å²) in [6.45, 7) is 5.34. The first-order valence-electron chi connectivity index (χ1n) is 6.49. The predicted molar refractivity (Wildman–Crippen MR) is 77.8 cm³/mol. The van der Waals surface area contributed by atoms with Crippen molar-refractivity contribution in [3.05, 3.63) is 28.0 Å². The molecule has 1 aliphatic heterocycles. The van der Waals surface area contributed by atoms with Crippen molar-refractivity contribution in [1.82, 2.24) is 4.90 Å². The van der Waals surface area contributed by atoms with Gasteiger partial charge < -0.3 is 10.2 Å². The average molecular weight is 329 g/mol. The first kappa shape index (κ1) is 14.3. The largest absolute Gasteiger partial charge is 0.324 e. The van der Waals surface area contributed by atoms with Gasteiger partial charge in [-0.1, -0.05) is 6.92 Å². The lowest BCUT2D eigenvalue weighted by Crippen LogP contribution is -2.41. The molecule has 1 aromatic rings. The number of piperidine rings is 1. The molecule has 5 heteroatoms. The zero-order chi connectivity index (χ0) is 14.0. The van der Waals surface area contributed by atoms with Gasteiger partial charge in [-0.05, 0) is 53.7 Å². The fraction of sp³-hybridized carbons (Fsp3) is 0.500. The Morgan fingerprint density at radius 3 is 2.95 bits per heavy atom. The standard InChI is InChI=1S/C14H18BrFN2O/c1-9-4-3-7-18(8-9)14(19)17-12-6-5-11(15)13(16)10(12)2/h5-6,9H,3-4,7-8H2,1-2H3,(H,17,19). The van der Waals surface area contributed by atoms with E-state index >= 15 is 0 Å². The third-order valence-electron chi connectivity index (χ3n) is 3.53. The lowest BCUT2D eigenvalue weighted by molar-refractivity contribution is 0.182. The van der Waals surface area contributed by atoms with Crippen molar-refractivity contribution in [2.75, 3.05) is 18.4 Å². The first-order chi connectivity index (χ1) is 8.99. The molecule has 2 amide bonds. The molecule has 1 N–H and O–H groups in total. The summed E-state index contributed by atoms with van der Waals surface area (Å²) in [6.07, 6.45) is 2.19. The molecule has 3 nitrogen and oxygen atoms in total. The van der Waals surface area contributed by atoms with Crippen LogP contribution in [0.3, 0.4) is 0 Å². The minimum Gasteiger partial charge on any atom is -0.324 e. The molecule has 0 aliphatic carbocycles. The molecular formula is C14H18BrFN2O. The molecule has 1 aliphatic rings. The van der Waals surface area contributed by atoms with Crippen LogP contribution < -0.4 is 5.32 Å². The number of nitrogens with one attached hydrogen (secondary N) is 1. The number of halogens is 2. The maximum atomic E-state index is 13.7. The van der Waals surface area contributed by atoms with E-state index in [4.69, 9.17) is 0 Å². The van der Waals surface area contributed by atoms with Gasteiger partial charge in [0.05, 0.1) is 4.47 Å². The number of anilines is 1. The topological polar surface area (TPSA) is 32.3 Å². The molecule has 1 saturated heterocycles. The summed E-state index contributed by atoms with van der Waals surface area (Å²) in [4.78, 5) is 13.9. The third-order valence-corrected chi connectivity index (χ3v) is 4.14. The Morgan fingerprint density at radius 1 is 1.53 bits per heavy atom. The normalized spacial score (nSPS) is 19.4. The van der Waals surface area contributed by atoms with Gasteiger partial charge in [-0.25, -0.2) is 9.18 Å². The lowest BCUT2D eigenvalue weighted by Gasteiger charge is -2.31. The lowest BCUT2D eigenvalue weighted by atomic mass is 10.0. The Kier molecular flexibility index (Phi) is 4.45. The van der Waals surface area contributed by atoms with Gasteiger partial charge in [0.25, 0.3) is 0 Å². The van der Waals surface area contributed by atoms with Crippen LogP contribution in [0.25, 0.3) is 0 Å². The van der Waals surface area contributed by atoms with Gasteiger partial charge in [-0.2, -0.15) is 0 Å². The highest BCUT2D eigenvalue weighted by Crippen LogP contribution is 2.25. The molecular weight excluding hydrogens is 311 g/mol. The molecule has 1 unspecified atom stereocenters. The van der Waals surface area contributed by atoms with Crippen LogP contribution in [0.2, 0.25) is 0 Å². The van der Waals surface area contributed by atoms with Crippen LogP contribution in [-0.4, -0.2) is 24.0 Å². The molecule has 104 valence electrons. The van der Waals surface area contributed by atoms with E-state index in [0.29, 0.717) is 21.6 Å². The minimum absolute atomic E-state index is 0.142. The number of benzene rings is 1. The monoisotopic (exact) mass is 328 g/mol. The van der Waals surface area contributed by atoms with E-state index in [9.17, 15) is 9.18 Å². The van der Waals surface area contributed by atoms with Crippen molar-refractivity contribution < 1.29 is 9.18 Å². The molecule has 0 saturated carbocycles. The van der Waals surface area contributed by atoms with Crippen molar-refractivity contribution in [1.29, 1.82) is 0 Å². The van der Waals surface area contributed by atoms with Crippen LogP contribution in [-0.2, 0) is 0 Å². The minimum atomic E-state index is -0.329. The zero-order valence-corrected chi connectivity index (χ0v) is 12.8. The van der Waals surface area contributed by atoms with Crippen LogP contribution in [0.1, 0.15) is 25.3 Å². The van der Waals surface area contributed by atoms with Crippen molar-refractivity contribution in [3.8, 4) is 0 Å². The van der Waals surface area contributed by atoms with E-state index in [1.54, 1.807) is 24.0 Å². The Bertz CT molecular complexity index is 493. The fourth-order valence-electron chi connectivity index (χ4n) is 2.36. The van der Waals surface area contributed by atoms with E-state index in [2.05, 4.69) is 28.2 Å². The highest BCUT2D eigenvalue weighted by atomic mass is 79.9. The maximum absolute atomic E-state index is 13.7. The fourth-order valence-corrected chi connectivity index (χ4v) is 2.79. The smallest absolute Gasteiger partial charge is 0.321 e. The van der Waals surface area contributed by atoms with Crippen LogP contribution in [0.5, 0.6) is 0 Å². The molecule has 2 rings (SSSR count). The van der Waals surface area contributed by atoms with Gasteiger partial charge in [0.1, 0.15) is 5.82 Å². The van der Waals surface area contributed by atoms with Crippen molar-refractivity contribution in [3.63, 3.8) is 0 Å². The number of likely N-dealkylation sites (tertiary alicyclic amines) is 1. The molecule has 1 aromatic carbocycles. The van der Waals surface area contributed by atoms with Gasteiger partial charge >= 0.3 is 6.03 Å². The summed E-state index contributed by atoms with van der Waals surface area (Å²) in [7, 11) is 0. The highest BCUT2D eigenvalue weighted by Gasteiger charge is 2.21. The van der Waals surface area contributed by atoms with E-state index in [1.165, 1.54) is 0 Å². The number of nitrogens with zero attached hydrogens (tertiary/aromatic N) is 1. The Morgan fingerprint density at radius 2 is 2.26 bits per heavy atom. The number of urea groups is 1. The molecule has 1 atom stereocenters. The van der Waals surface area contributed by atoms with Crippen LogP contribution in [0.4, 0.5) is 14.9 Å². The van der Waals surface area contributed by atoms with Crippen LogP contribution >= 0.6 is 15.9 Å². The highest BCUT2D eigenvalue weighted by molar-refractivity contribution is 9.10. The van der Waals surface area contributed by atoms with Crippen molar-refractivity contribution in [2.24, 2.45) is 5.92 Å². The zero-order valence-electron chi connectivity index (χ0n) is 11.2. The van der Waals surface area contributed by atoms with Crippen LogP contribution in [0.15, 0.2) is 16.6 Å². The Balaban J connectivity index is 2.08. The molecule has 0 aromatic heterocycles. The molecule has 0 spiro atoms. The number of hydrogen-bond acceptors (Lipinski definition) is 1. The van der Waals surface area contributed by atoms with Gasteiger partial charge in [0, 0.05) is 24.3 Å². The van der Waals surface area contributed by atoms with E-state index < -0.39 is 0 Å². The second kappa shape index (κ2) is 5.90. The van der Waals surface area contributed by atoms with Gasteiger partial charge in [0.2, 0.25) is 0 Å². The summed E-state index contributed by atoms with van der Waals surface area (Å²) in [5.41, 5.74) is 0.983. The summed E-state index contributed by atoms with van der Waals surface area (Å²) < 4.78 is 14.1. The summed E-state index contributed by atoms with van der Waals surface area (Å²) in [5, 5.41) is 2.79. The first-order valence-corrected chi connectivity index (χ1v) is 7.29. The number of amides is 2. The number of carbonyl (C=O) groups is 1. The SMILES string of the molecule is Cc1c(NC(=O)N2CCCC(C)C2)ccc(Br)c1F. The van der Waals surface area contributed by atoms with Gasteiger partial charge in [-0.15, -0.1) is 0 Å². The average Bonchev–Trinajstić information content (AvgIpc) is 2.39. The van der Waals surface area contributed by atoms with Gasteiger partial charge in [0.15, 0.2) is 0 Å². The van der Waals surface area contributed by atoms with Gasteiger partial charge in [-0.3, -0.25) is 0 Å². The molecule has 0 radical (unpaired) electrons. The number of carbonyl (C=O) groups excluding carboxylic acids is 1. The third kappa shape index (κ3) is 3.26. The maximum Gasteiger partial charge on any atom is 0.321 e.